The average molecular weight is 320 g/mol. The maximum Gasteiger partial charge on any atom is 0.206 e. The number of nitrogens with zero attached hydrogens (tertiary/aromatic N) is 5. The molecule has 0 aliphatic carbocycles. The molecule has 7 nitrogen and oxygen atoms in total. The van der Waals surface area contributed by atoms with E-state index >= 15 is 0 Å². The van der Waals surface area contributed by atoms with E-state index in [1.807, 2.05) is 6.07 Å². The van der Waals surface area contributed by atoms with Crippen molar-refractivity contribution in [1.82, 2.24) is 20.2 Å². The highest BCUT2D eigenvalue weighted by Gasteiger charge is 2.16. The first-order valence-corrected chi connectivity index (χ1v) is 8.06. The third-order valence-corrected chi connectivity index (χ3v) is 4.70. The molecule has 2 aromatic heterocycles. The molecule has 1 aliphatic rings. The van der Waals surface area contributed by atoms with E-state index in [4.69, 9.17) is 10.00 Å². The maximum atomic E-state index is 8.67. The lowest BCUT2D eigenvalue weighted by Crippen LogP contribution is -2.18. The molecule has 108 valence electrons. The van der Waals surface area contributed by atoms with Crippen molar-refractivity contribution in [2.45, 2.75) is 28.3 Å². The summed E-state index contributed by atoms with van der Waals surface area (Å²) in [7, 11) is 0. The Balaban J connectivity index is 1.55. The van der Waals surface area contributed by atoms with Crippen LogP contribution in [-0.4, -0.2) is 39.4 Å². The van der Waals surface area contributed by atoms with Gasteiger partial charge in [0.1, 0.15) is 11.1 Å². The fraction of sp³-hybridized carbons (Fsp3) is 0.417. The van der Waals surface area contributed by atoms with Gasteiger partial charge in [-0.05, 0) is 24.6 Å². The van der Waals surface area contributed by atoms with Gasteiger partial charge in [-0.3, -0.25) is 0 Å². The van der Waals surface area contributed by atoms with Crippen molar-refractivity contribution in [2.24, 2.45) is 0 Å². The molecule has 1 aliphatic heterocycles. The molecule has 1 atom stereocenters. The Morgan fingerprint density at radius 2 is 2.38 bits per heavy atom. The molecular formula is C12H12N6OS2. The maximum absolute atomic E-state index is 8.67. The van der Waals surface area contributed by atoms with Gasteiger partial charge in [0, 0.05) is 13.2 Å². The Morgan fingerprint density at radius 3 is 3.10 bits per heavy atom. The SMILES string of the molecule is N#Cc1cnc(Sc2nnc(NCC3CCCO3)s2)cn1. The summed E-state index contributed by atoms with van der Waals surface area (Å²) in [5, 5.41) is 21.6. The van der Waals surface area contributed by atoms with Crippen molar-refractivity contribution in [1.29, 1.82) is 5.26 Å². The van der Waals surface area contributed by atoms with Gasteiger partial charge in [-0.25, -0.2) is 9.97 Å². The van der Waals surface area contributed by atoms with Gasteiger partial charge in [-0.15, -0.1) is 10.2 Å². The monoisotopic (exact) mass is 320 g/mol. The van der Waals surface area contributed by atoms with Crippen molar-refractivity contribution in [3.63, 3.8) is 0 Å². The van der Waals surface area contributed by atoms with Crippen LogP contribution >= 0.6 is 23.1 Å². The number of aromatic nitrogens is 4. The van der Waals surface area contributed by atoms with Crippen LogP contribution < -0.4 is 5.32 Å². The zero-order valence-electron chi connectivity index (χ0n) is 11.0. The van der Waals surface area contributed by atoms with Crippen LogP contribution in [0.2, 0.25) is 0 Å². The van der Waals surface area contributed by atoms with Gasteiger partial charge >= 0.3 is 0 Å². The molecule has 1 saturated heterocycles. The Labute approximate surface area is 129 Å². The van der Waals surface area contributed by atoms with E-state index in [1.165, 1.54) is 29.3 Å². The molecule has 3 heterocycles. The summed E-state index contributed by atoms with van der Waals surface area (Å²) in [5.41, 5.74) is 0.301. The lowest BCUT2D eigenvalue weighted by atomic mass is 10.2. The summed E-state index contributed by atoms with van der Waals surface area (Å²) in [6, 6.07) is 1.94. The molecule has 3 rings (SSSR count). The third kappa shape index (κ3) is 3.87. The van der Waals surface area contributed by atoms with Crippen LogP contribution in [0.1, 0.15) is 18.5 Å². The first-order chi connectivity index (χ1) is 10.3. The Morgan fingerprint density at radius 1 is 1.43 bits per heavy atom. The topological polar surface area (TPSA) is 96.6 Å². The minimum absolute atomic E-state index is 0.273. The van der Waals surface area contributed by atoms with Crippen molar-refractivity contribution < 1.29 is 4.74 Å². The fourth-order valence-electron chi connectivity index (χ4n) is 1.85. The van der Waals surface area contributed by atoms with E-state index in [-0.39, 0.29) is 6.10 Å². The zero-order chi connectivity index (χ0) is 14.5. The third-order valence-electron chi connectivity index (χ3n) is 2.85. The number of anilines is 1. The summed E-state index contributed by atoms with van der Waals surface area (Å²) in [6.07, 6.45) is 5.49. The molecule has 0 aromatic carbocycles. The van der Waals surface area contributed by atoms with Gasteiger partial charge < -0.3 is 10.1 Å². The average Bonchev–Trinajstić information content (AvgIpc) is 3.17. The molecule has 0 amide bonds. The van der Waals surface area contributed by atoms with Crippen molar-refractivity contribution in [2.75, 3.05) is 18.5 Å². The van der Waals surface area contributed by atoms with Gasteiger partial charge in [-0.2, -0.15) is 5.26 Å². The van der Waals surface area contributed by atoms with Crippen LogP contribution in [0.5, 0.6) is 0 Å². The van der Waals surface area contributed by atoms with E-state index in [0.717, 1.165) is 35.5 Å². The van der Waals surface area contributed by atoms with Gasteiger partial charge in [0.15, 0.2) is 10.0 Å². The van der Waals surface area contributed by atoms with Gasteiger partial charge in [0.05, 0.1) is 18.5 Å². The number of hydrogen-bond donors (Lipinski definition) is 1. The summed E-state index contributed by atoms with van der Waals surface area (Å²) in [5.74, 6) is 0. The number of nitriles is 1. The molecule has 0 spiro atoms. The molecule has 1 fully saturated rings. The molecule has 1 unspecified atom stereocenters. The standard InChI is InChI=1S/C12H12N6OS2/c13-4-8-5-15-10(7-14-8)20-12-18-17-11(21-12)16-6-9-2-1-3-19-9/h5,7,9H,1-3,6H2,(H,16,17). The predicted molar refractivity (Wildman–Crippen MR) is 78.2 cm³/mol. The van der Waals surface area contributed by atoms with E-state index in [1.54, 1.807) is 6.20 Å². The van der Waals surface area contributed by atoms with Crippen LogP contribution in [0.15, 0.2) is 21.8 Å². The molecule has 0 bridgehead atoms. The minimum atomic E-state index is 0.273. The second-order valence-corrected chi connectivity index (χ2v) is 6.59. The van der Waals surface area contributed by atoms with Crippen LogP contribution in [0.3, 0.4) is 0 Å². The first kappa shape index (κ1) is 14.2. The normalized spacial score (nSPS) is 17.6. The predicted octanol–water partition coefficient (Wildman–Crippen LogP) is 1.94. The first-order valence-electron chi connectivity index (χ1n) is 6.42. The summed E-state index contributed by atoms with van der Waals surface area (Å²) in [6.45, 7) is 1.61. The van der Waals surface area contributed by atoms with Gasteiger partial charge in [0.25, 0.3) is 0 Å². The van der Waals surface area contributed by atoms with E-state index in [9.17, 15) is 0 Å². The van der Waals surface area contributed by atoms with Gasteiger partial charge in [0.2, 0.25) is 5.13 Å². The van der Waals surface area contributed by atoms with Crippen LogP contribution in [0.4, 0.5) is 5.13 Å². The molecule has 0 saturated carbocycles. The fourth-order valence-corrected chi connectivity index (χ4v) is 3.46. The number of hydrogen-bond acceptors (Lipinski definition) is 9. The van der Waals surface area contributed by atoms with Crippen molar-refractivity contribution in [3.8, 4) is 6.07 Å². The number of ether oxygens (including phenoxy) is 1. The molecule has 0 radical (unpaired) electrons. The highest BCUT2D eigenvalue weighted by atomic mass is 32.2. The lowest BCUT2D eigenvalue weighted by molar-refractivity contribution is 0.120. The van der Waals surface area contributed by atoms with E-state index in [0.29, 0.717) is 10.7 Å². The van der Waals surface area contributed by atoms with E-state index in [2.05, 4.69) is 25.5 Å². The Hall–Kier alpha value is -1.76. The van der Waals surface area contributed by atoms with Crippen molar-refractivity contribution in [3.05, 3.63) is 18.1 Å². The zero-order valence-corrected chi connectivity index (χ0v) is 12.7. The van der Waals surface area contributed by atoms with Gasteiger partial charge in [-0.1, -0.05) is 11.3 Å². The van der Waals surface area contributed by atoms with Crippen molar-refractivity contribution >= 4 is 28.2 Å². The number of rotatable bonds is 5. The molecule has 2 aromatic rings. The summed E-state index contributed by atoms with van der Waals surface area (Å²) in [4.78, 5) is 8.11. The van der Waals surface area contributed by atoms with E-state index < -0.39 is 0 Å². The summed E-state index contributed by atoms with van der Waals surface area (Å²) < 4.78 is 6.32. The molecule has 21 heavy (non-hydrogen) atoms. The second-order valence-electron chi connectivity index (χ2n) is 4.34. The highest BCUT2D eigenvalue weighted by molar-refractivity contribution is 8.01. The smallest absolute Gasteiger partial charge is 0.206 e. The largest absolute Gasteiger partial charge is 0.376 e. The minimum Gasteiger partial charge on any atom is -0.376 e. The second kappa shape index (κ2) is 6.80. The summed E-state index contributed by atoms with van der Waals surface area (Å²) >= 11 is 2.84. The highest BCUT2D eigenvalue weighted by Crippen LogP contribution is 2.30. The van der Waals surface area contributed by atoms with Crippen LogP contribution in [0.25, 0.3) is 0 Å². The molecule has 9 heteroatoms. The quantitative estimate of drug-likeness (QED) is 0.892. The Kier molecular flexibility index (Phi) is 4.59. The Bertz CT molecular complexity index is 632. The number of nitrogens with one attached hydrogen (secondary N) is 1. The van der Waals surface area contributed by atoms with Crippen LogP contribution in [-0.2, 0) is 4.74 Å². The molecular weight excluding hydrogens is 308 g/mol. The molecule has 1 N–H and O–H groups in total. The van der Waals surface area contributed by atoms with Crippen LogP contribution in [0, 0.1) is 11.3 Å². The lowest BCUT2D eigenvalue weighted by Gasteiger charge is -2.08.